The summed E-state index contributed by atoms with van der Waals surface area (Å²) < 4.78 is 12.5. The standard InChI is InChI=1S/C23H34NO3/c1-22(2)19-9-10-23(22,3)20(15-19)27-21(25)17-24(11-13-26-14-12-24)16-18-7-5-4-6-8-18/h4-8,19-20H,9-17H2,1-3H3/q+1. The molecule has 0 radical (unpaired) electrons. The first-order valence-corrected chi connectivity index (χ1v) is 10.5. The highest BCUT2D eigenvalue weighted by Gasteiger charge is 2.63. The molecule has 1 aromatic carbocycles. The Kier molecular flexibility index (Phi) is 4.84. The summed E-state index contributed by atoms with van der Waals surface area (Å²) in [5.74, 6) is 0.665. The molecule has 3 unspecified atom stereocenters. The highest BCUT2D eigenvalue weighted by Crippen LogP contribution is 2.66. The first-order valence-electron chi connectivity index (χ1n) is 10.5. The Balaban J connectivity index is 1.45. The second-order valence-corrected chi connectivity index (χ2v) is 9.79. The van der Waals surface area contributed by atoms with E-state index in [2.05, 4.69) is 45.0 Å². The Morgan fingerprint density at radius 1 is 1.19 bits per heavy atom. The molecule has 1 saturated heterocycles. The van der Waals surface area contributed by atoms with Gasteiger partial charge < -0.3 is 14.0 Å². The van der Waals surface area contributed by atoms with Crippen molar-refractivity contribution in [1.82, 2.24) is 0 Å². The normalized spacial score (nSPS) is 33.7. The Morgan fingerprint density at radius 3 is 2.48 bits per heavy atom. The molecule has 4 rings (SSSR count). The Morgan fingerprint density at radius 2 is 1.89 bits per heavy atom. The van der Waals surface area contributed by atoms with E-state index in [1.165, 1.54) is 18.4 Å². The van der Waals surface area contributed by atoms with Crippen LogP contribution in [0, 0.1) is 16.7 Å². The Bertz CT molecular complexity index is 680. The van der Waals surface area contributed by atoms with Crippen LogP contribution in [0.2, 0.25) is 0 Å². The molecule has 1 aliphatic heterocycles. The van der Waals surface area contributed by atoms with Gasteiger partial charge in [0.25, 0.3) is 0 Å². The maximum absolute atomic E-state index is 13.0. The third-order valence-corrected chi connectivity index (χ3v) is 8.23. The lowest BCUT2D eigenvalue weighted by Gasteiger charge is -2.42. The molecule has 0 spiro atoms. The van der Waals surface area contributed by atoms with Crippen molar-refractivity contribution < 1.29 is 18.8 Å². The third kappa shape index (κ3) is 3.31. The van der Waals surface area contributed by atoms with E-state index in [9.17, 15) is 4.79 Å². The van der Waals surface area contributed by atoms with Crippen molar-refractivity contribution in [3.63, 3.8) is 0 Å². The Labute approximate surface area is 163 Å². The summed E-state index contributed by atoms with van der Waals surface area (Å²) in [5, 5.41) is 0. The number of fused-ring (bicyclic) bond motifs is 2. The molecule has 1 heterocycles. The molecule has 1 aromatic rings. The fraction of sp³-hybridized carbons (Fsp3) is 0.696. The van der Waals surface area contributed by atoms with Gasteiger partial charge in [-0.1, -0.05) is 51.1 Å². The van der Waals surface area contributed by atoms with Crippen molar-refractivity contribution >= 4 is 5.97 Å². The fourth-order valence-corrected chi connectivity index (χ4v) is 5.85. The van der Waals surface area contributed by atoms with Gasteiger partial charge in [0, 0.05) is 11.0 Å². The maximum Gasteiger partial charge on any atom is 0.362 e. The number of hydrogen-bond acceptors (Lipinski definition) is 3. The van der Waals surface area contributed by atoms with Gasteiger partial charge >= 0.3 is 5.97 Å². The lowest BCUT2D eigenvalue weighted by atomic mass is 9.70. The van der Waals surface area contributed by atoms with Gasteiger partial charge in [-0.3, -0.25) is 0 Å². The van der Waals surface area contributed by atoms with Crippen molar-refractivity contribution in [2.24, 2.45) is 16.7 Å². The molecular weight excluding hydrogens is 338 g/mol. The second-order valence-electron chi connectivity index (χ2n) is 9.79. The number of morpholine rings is 1. The number of hydrogen-bond donors (Lipinski definition) is 0. The second kappa shape index (κ2) is 6.89. The number of benzene rings is 1. The molecular formula is C23H34NO3+. The van der Waals surface area contributed by atoms with Crippen LogP contribution in [0.1, 0.15) is 45.6 Å². The van der Waals surface area contributed by atoms with Crippen molar-refractivity contribution in [2.45, 2.75) is 52.7 Å². The minimum Gasteiger partial charge on any atom is -0.458 e. The van der Waals surface area contributed by atoms with Crippen LogP contribution >= 0.6 is 0 Å². The highest BCUT2D eigenvalue weighted by molar-refractivity contribution is 5.71. The molecule has 27 heavy (non-hydrogen) atoms. The molecule has 0 amide bonds. The van der Waals surface area contributed by atoms with E-state index in [-0.39, 0.29) is 22.9 Å². The molecule has 3 atom stereocenters. The third-order valence-electron chi connectivity index (χ3n) is 8.23. The number of ether oxygens (including phenoxy) is 2. The zero-order chi connectivity index (χ0) is 19.1. The molecule has 4 nitrogen and oxygen atoms in total. The molecule has 148 valence electrons. The van der Waals surface area contributed by atoms with Gasteiger partial charge in [0.1, 0.15) is 25.7 Å². The number of carbonyl (C=O) groups is 1. The lowest BCUT2D eigenvalue weighted by Crippen LogP contribution is -2.57. The zero-order valence-electron chi connectivity index (χ0n) is 17.1. The van der Waals surface area contributed by atoms with Gasteiger partial charge in [-0.05, 0) is 30.6 Å². The smallest absolute Gasteiger partial charge is 0.362 e. The SMILES string of the molecule is CC1(C)C2CCC1(C)C(OC(=O)C[N+]1(Cc3ccccc3)CCOCC1)C2. The molecule has 4 heteroatoms. The van der Waals surface area contributed by atoms with Crippen LogP contribution in [0.4, 0.5) is 0 Å². The molecule has 0 aromatic heterocycles. The van der Waals surface area contributed by atoms with Gasteiger partial charge in [-0.15, -0.1) is 0 Å². The first kappa shape index (κ1) is 18.9. The lowest BCUT2D eigenvalue weighted by molar-refractivity contribution is -0.941. The predicted molar refractivity (Wildman–Crippen MR) is 105 cm³/mol. The van der Waals surface area contributed by atoms with E-state index in [0.717, 1.165) is 43.8 Å². The van der Waals surface area contributed by atoms with Crippen LogP contribution in [-0.4, -0.2) is 49.4 Å². The quantitative estimate of drug-likeness (QED) is 0.583. The van der Waals surface area contributed by atoms with E-state index < -0.39 is 0 Å². The van der Waals surface area contributed by atoms with Crippen molar-refractivity contribution in [2.75, 3.05) is 32.8 Å². The average molecular weight is 373 g/mol. The number of esters is 1. The first-order chi connectivity index (χ1) is 12.8. The van der Waals surface area contributed by atoms with Crippen LogP contribution in [-0.2, 0) is 20.8 Å². The van der Waals surface area contributed by atoms with Gasteiger partial charge in [0.2, 0.25) is 0 Å². The summed E-state index contributed by atoms with van der Waals surface area (Å²) in [7, 11) is 0. The molecule has 3 aliphatic rings. The zero-order valence-corrected chi connectivity index (χ0v) is 17.1. The topological polar surface area (TPSA) is 35.5 Å². The number of rotatable bonds is 5. The molecule has 2 saturated carbocycles. The van der Waals surface area contributed by atoms with Crippen LogP contribution < -0.4 is 0 Å². The maximum atomic E-state index is 13.0. The van der Waals surface area contributed by atoms with Crippen LogP contribution in [0.3, 0.4) is 0 Å². The monoisotopic (exact) mass is 372 g/mol. The van der Waals surface area contributed by atoms with Crippen molar-refractivity contribution in [3.8, 4) is 0 Å². The minimum absolute atomic E-state index is 0.0255. The summed E-state index contributed by atoms with van der Waals surface area (Å²) in [4.78, 5) is 13.0. The summed E-state index contributed by atoms with van der Waals surface area (Å²) in [6.45, 7) is 11.6. The van der Waals surface area contributed by atoms with Crippen LogP contribution in [0.25, 0.3) is 0 Å². The summed E-state index contributed by atoms with van der Waals surface area (Å²) in [6.07, 6.45) is 3.58. The number of quaternary nitrogens is 1. The summed E-state index contributed by atoms with van der Waals surface area (Å²) in [6, 6.07) is 10.5. The van der Waals surface area contributed by atoms with E-state index in [0.29, 0.717) is 12.5 Å². The molecule has 0 N–H and O–H groups in total. The minimum atomic E-state index is -0.0255. The summed E-state index contributed by atoms with van der Waals surface area (Å²) in [5.41, 5.74) is 1.68. The largest absolute Gasteiger partial charge is 0.458 e. The average Bonchev–Trinajstić information content (AvgIpc) is 2.96. The molecule has 3 fully saturated rings. The number of nitrogens with zero attached hydrogens (tertiary/aromatic N) is 1. The van der Waals surface area contributed by atoms with E-state index in [4.69, 9.17) is 9.47 Å². The van der Waals surface area contributed by atoms with Crippen molar-refractivity contribution in [1.29, 1.82) is 0 Å². The van der Waals surface area contributed by atoms with Gasteiger partial charge in [0.05, 0.1) is 13.2 Å². The van der Waals surface area contributed by atoms with Crippen LogP contribution in [0.5, 0.6) is 0 Å². The molecule has 2 bridgehead atoms. The predicted octanol–water partition coefficient (Wildman–Crippen LogP) is 3.79. The summed E-state index contributed by atoms with van der Waals surface area (Å²) >= 11 is 0. The van der Waals surface area contributed by atoms with Gasteiger partial charge in [-0.25, -0.2) is 4.79 Å². The van der Waals surface area contributed by atoms with E-state index in [1.54, 1.807) is 0 Å². The number of carbonyl (C=O) groups excluding carboxylic acids is 1. The van der Waals surface area contributed by atoms with Gasteiger partial charge in [-0.2, -0.15) is 0 Å². The molecule has 2 aliphatic carbocycles. The highest BCUT2D eigenvalue weighted by atomic mass is 16.5. The fourth-order valence-electron chi connectivity index (χ4n) is 5.85. The van der Waals surface area contributed by atoms with Gasteiger partial charge in [0.15, 0.2) is 6.54 Å². The Hall–Kier alpha value is -1.39. The van der Waals surface area contributed by atoms with Crippen LogP contribution in [0.15, 0.2) is 30.3 Å². The van der Waals surface area contributed by atoms with E-state index in [1.807, 2.05) is 6.07 Å². The van der Waals surface area contributed by atoms with E-state index >= 15 is 0 Å². The van der Waals surface area contributed by atoms with Crippen molar-refractivity contribution in [3.05, 3.63) is 35.9 Å².